The summed E-state index contributed by atoms with van der Waals surface area (Å²) in [7, 11) is 2.09. The Balaban J connectivity index is 2.50. The zero-order valence-corrected chi connectivity index (χ0v) is 11.1. The van der Waals surface area contributed by atoms with Crippen molar-refractivity contribution in [3.05, 3.63) is 0 Å². The predicted octanol–water partition coefficient (Wildman–Crippen LogP) is 2.49. The molecule has 4 atom stereocenters. The van der Waals surface area contributed by atoms with Crippen LogP contribution in [0.4, 0.5) is 0 Å². The van der Waals surface area contributed by atoms with Gasteiger partial charge in [-0.2, -0.15) is 0 Å². The van der Waals surface area contributed by atoms with Crippen molar-refractivity contribution in [2.75, 3.05) is 13.6 Å². The second-order valence-corrected chi connectivity index (χ2v) is 5.22. The number of hydrogen-bond donors (Lipinski definition) is 1. The molecule has 2 nitrogen and oxygen atoms in total. The van der Waals surface area contributed by atoms with E-state index in [1.54, 1.807) is 0 Å². The van der Waals surface area contributed by atoms with Crippen molar-refractivity contribution in [1.29, 1.82) is 0 Å². The Morgan fingerprint density at radius 2 is 2.07 bits per heavy atom. The van der Waals surface area contributed by atoms with E-state index in [1.807, 2.05) is 0 Å². The minimum atomic E-state index is 0.736. The molecule has 0 spiro atoms. The summed E-state index contributed by atoms with van der Waals surface area (Å²) >= 11 is 0. The van der Waals surface area contributed by atoms with E-state index < -0.39 is 0 Å². The Bertz CT molecular complexity index is 181. The number of piperidine rings is 1. The third-order valence-electron chi connectivity index (χ3n) is 4.33. The van der Waals surface area contributed by atoms with Crippen molar-refractivity contribution in [3.63, 3.8) is 0 Å². The maximum Gasteiger partial charge on any atom is 0.00952 e. The summed E-state index contributed by atoms with van der Waals surface area (Å²) in [6.07, 6.45) is 3.90. The van der Waals surface area contributed by atoms with Crippen molar-refractivity contribution in [1.82, 2.24) is 10.2 Å². The van der Waals surface area contributed by atoms with Crippen molar-refractivity contribution >= 4 is 0 Å². The van der Waals surface area contributed by atoms with Crippen LogP contribution in [0.2, 0.25) is 0 Å². The minimum absolute atomic E-state index is 0.736. The van der Waals surface area contributed by atoms with Crippen LogP contribution in [-0.2, 0) is 0 Å². The fraction of sp³-hybridized carbons (Fsp3) is 1.00. The van der Waals surface area contributed by atoms with Crippen LogP contribution < -0.4 is 5.32 Å². The molecule has 0 aromatic heterocycles. The Kier molecular flexibility index (Phi) is 5.07. The molecule has 0 aliphatic carbocycles. The SMILES string of the molecule is CCC(C)C(C)N1CCC(NC)CC1C. The van der Waals surface area contributed by atoms with E-state index in [0.717, 1.165) is 24.0 Å². The van der Waals surface area contributed by atoms with Crippen molar-refractivity contribution < 1.29 is 0 Å². The Morgan fingerprint density at radius 3 is 2.53 bits per heavy atom. The summed E-state index contributed by atoms with van der Waals surface area (Å²) in [5.41, 5.74) is 0. The van der Waals surface area contributed by atoms with Gasteiger partial charge >= 0.3 is 0 Å². The molecule has 90 valence electrons. The molecule has 1 N–H and O–H groups in total. The average Bonchev–Trinajstić information content (AvgIpc) is 2.26. The Labute approximate surface area is 95.4 Å². The lowest BCUT2D eigenvalue weighted by Crippen LogP contribution is -2.51. The molecule has 0 bridgehead atoms. The first-order valence-electron chi connectivity index (χ1n) is 6.53. The number of likely N-dealkylation sites (tertiary alicyclic amines) is 1. The number of rotatable bonds is 4. The predicted molar refractivity (Wildman–Crippen MR) is 67.2 cm³/mol. The van der Waals surface area contributed by atoms with Gasteiger partial charge in [0.05, 0.1) is 0 Å². The van der Waals surface area contributed by atoms with Crippen LogP contribution in [0.1, 0.15) is 47.0 Å². The van der Waals surface area contributed by atoms with Crippen LogP contribution in [0.15, 0.2) is 0 Å². The zero-order chi connectivity index (χ0) is 11.4. The lowest BCUT2D eigenvalue weighted by Gasteiger charge is -2.43. The summed E-state index contributed by atoms with van der Waals surface area (Å²) in [5, 5.41) is 3.41. The largest absolute Gasteiger partial charge is 0.317 e. The maximum absolute atomic E-state index is 3.41. The first-order chi connectivity index (χ1) is 7.10. The van der Waals surface area contributed by atoms with Crippen LogP contribution >= 0.6 is 0 Å². The molecule has 2 heteroatoms. The monoisotopic (exact) mass is 212 g/mol. The molecule has 1 heterocycles. The van der Waals surface area contributed by atoms with E-state index in [-0.39, 0.29) is 0 Å². The van der Waals surface area contributed by atoms with Gasteiger partial charge in [-0.15, -0.1) is 0 Å². The standard InChI is InChI=1S/C13H28N2/c1-6-10(2)12(4)15-8-7-13(14-5)9-11(15)3/h10-14H,6-9H2,1-5H3. The molecule has 1 rings (SSSR count). The molecule has 1 fully saturated rings. The maximum atomic E-state index is 3.41. The highest BCUT2D eigenvalue weighted by atomic mass is 15.2. The van der Waals surface area contributed by atoms with Gasteiger partial charge in [-0.25, -0.2) is 0 Å². The van der Waals surface area contributed by atoms with Gasteiger partial charge in [0.1, 0.15) is 0 Å². The third-order valence-corrected chi connectivity index (χ3v) is 4.33. The second kappa shape index (κ2) is 5.86. The smallest absolute Gasteiger partial charge is 0.00952 e. The van der Waals surface area contributed by atoms with Gasteiger partial charge in [0.2, 0.25) is 0 Å². The highest BCUT2D eigenvalue weighted by molar-refractivity contribution is 4.86. The van der Waals surface area contributed by atoms with Crippen LogP contribution in [-0.4, -0.2) is 36.6 Å². The van der Waals surface area contributed by atoms with Gasteiger partial charge < -0.3 is 5.32 Å². The summed E-state index contributed by atoms with van der Waals surface area (Å²) in [6.45, 7) is 10.7. The van der Waals surface area contributed by atoms with E-state index in [2.05, 4.69) is 45.0 Å². The highest BCUT2D eigenvalue weighted by Gasteiger charge is 2.29. The summed E-state index contributed by atoms with van der Waals surface area (Å²) in [4.78, 5) is 2.70. The fourth-order valence-corrected chi connectivity index (χ4v) is 2.73. The van der Waals surface area contributed by atoms with Crippen molar-refractivity contribution in [2.24, 2.45) is 5.92 Å². The number of nitrogens with one attached hydrogen (secondary N) is 1. The van der Waals surface area contributed by atoms with E-state index in [0.29, 0.717) is 0 Å². The van der Waals surface area contributed by atoms with Gasteiger partial charge in [-0.05, 0) is 39.7 Å². The van der Waals surface area contributed by atoms with E-state index in [1.165, 1.54) is 25.8 Å². The van der Waals surface area contributed by atoms with Gasteiger partial charge in [0, 0.05) is 24.7 Å². The summed E-state index contributed by atoms with van der Waals surface area (Å²) in [6, 6.07) is 2.21. The molecular weight excluding hydrogens is 184 g/mol. The summed E-state index contributed by atoms with van der Waals surface area (Å²) < 4.78 is 0. The minimum Gasteiger partial charge on any atom is -0.317 e. The Morgan fingerprint density at radius 1 is 1.40 bits per heavy atom. The average molecular weight is 212 g/mol. The zero-order valence-electron chi connectivity index (χ0n) is 11.1. The lowest BCUT2D eigenvalue weighted by atomic mass is 9.92. The molecule has 0 saturated carbocycles. The molecule has 1 saturated heterocycles. The number of nitrogens with zero attached hydrogens (tertiary/aromatic N) is 1. The number of hydrogen-bond acceptors (Lipinski definition) is 2. The molecule has 15 heavy (non-hydrogen) atoms. The van der Waals surface area contributed by atoms with Crippen LogP contribution in [0.25, 0.3) is 0 Å². The molecule has 1 aliphatic rings. The lowest BCUT2D eigenvalue weighted by molar-refractivity contribution is 0.0701. The van der Waals surface area contributed by atoms with Gasteiger partial charge in [-0.3, -0.25) is 4.90 Å². The fourth-order valence-electron chi connectivity index (χ4n) is 2.73. The molecule has 0 radical (unpaired) electrons. The van der Waals surface area contributed by atoms with Crippen LogP contribution in [0.3, 0.4) is 0 Å². The quantitative estimate of drug-likeness (QED) is 0.770. The van der Waals surface area contributed by atoms with Gasteiger partial charge in [0.15, 0.2) is 0 Å². The van der Waals surface area contributed by atoms with Crippen LogP contribution in [0.5, 0.6) is 0 Å². The molecule has 1 aliphatic heterocycles. The first-order valence-corrected chi connectivity index (χ1v) is 6.53. The third kappa shape index (κ3) is 3.18. The van der Waals surface area contributed by atoms with Crippen molar-refractivity contribution in [2.45, 2.75) is 65.1 Å². The van der Waals surface area contributed by atoms with E-state index >= 15 is 0 Å². The van der Waals surface area contributed by atoms with E-state index in [9.17, 15) is 0 Å². The molecule has 0 aromatic carbocycles. The van der Waals surface area contributed by atoms with Gasteiger partial charge in [0.25, 0.3) is 0 Å². The van der Waals surface area contributed by atoms with Gasteiger partial charge in [-0.1, -0.05) is 20.3 Å². The topological polar surface area (TPSA) is 15.3 Å². The normalized spacial score (nSPS) is 32.6. The molecule has 0 amide bonds. The molecule has 0 aromatic rings. The first kappa shape index (κ1) is 13.0. The van der Waals surface area contributed by atoms with Crippen molar-refractivity contribution in [3.8, 4) is 0 Å². The Hall–Kier alpha value is -0.0800. The molecular formula is C13H28N2. The van der Waals surface area contributed by atoms with Crippen LogP contribution in [0, 0.1) is 5.92 Å². The second-order valence-electron chi connectivity index (χ2n) is 5.22. The van der Waals surface area contributed by atoms with E-state index in [4.69, 9.17) is 0 Å². The highest BCUT2D eigenvalue weighted by Crippen LogP contribution is 2.24. The molecule has 4 unspecified atom stereocenters. The summed E-state index contributed by atoms with van der Waals surface area (Å²) in [5.74, 6) is 0.818.